The second-order valence-corrected chi connectivity index (χ2v) is 7.19. The summed E-state index contributed by atoms with van der Waals surface area (Å²) in [6, 6.07) is 13.9. The summed E-state index contributed by atoms with van der Waals surface area (Å²) in [7, 11) is 4.00. The Bertz CT molecular complexity index is 923. The molecule has 0 aliphatic carbocycles. The molecular weight excluding hydrogens is 338 g/mol. The fraction of sp³-hybridized carbons (Fsp3) is 0.333. The molecule has 27 heavy (non-hydrogen) atoms. The first-order valence-corrected chi connectivity index (χ1v) is 9.32. The molecule has 0 spiro atoms. The summed E-state index contributed by atoms with van der Waals surface area (Å²) in [6.45, 7) is 4.12. The highest BCUT2D eigenvalue weighted by Gasteiger charge is 2.22. The van der Waals surface area contributed by atoms with Gasteiger partial charge in [0.15, 0.2) is 0 Å². The molecular formula is C21H25N5O. The number of rotatable bonds is 4. The van der Waals surface area contributed by atoms with Crippen molar-refractivity contribution in [3.05, 3.63) is 66.1 Å². The molecule has 0 atom stereocenters. The number of anilines is 1. The summed E-state index contributed by atoms with van der Waals surface area (Å²) >= 11 is 0. The number of piperazine rings is 1. The molecule has 6 heteroatoms. The molecule has 2 aromatic heterocycles. The molecule has 0 radical (unpaired) electrons. The highest BCUT2D eigenvalue weighted by atomic mass is 16.2. The van der Waals surface area contributed by atoms with Gasteiger partial charge in [-0.2, -0.15) is 0 Å². The van der Waals surface area contributed by atoms with Gasteiger partial charge in [-0.3, -0.25) is 9.69 Å². The lowest BCUT2D eigenvalue weighted by Gasteiger charge is -2.34. The summed E-state index contributed by atoms with van der Waals surface area (Å²) in [5.74, 6) is 0.120. The summed E-state index contributed by atoms with van der Waals surface area (Å²) in [4.78, 5) is 23.6. The standard InChI is InChI=1S/C21H25N5O/c1-23(2)18-8-6-17(7-9-18)21(27)25-13-11-24(12-14-25)16-19-15-22-20-5-3-4-10-26(19)20/h3-10,15H,11-14,16H2,1-2H3. The molecule has 0 N–H and O–H groups in total. The van der Waals surface area contributed by atoms with E-state index >= 15 is 0 Å². The molecule has 3 aromatic rings. The first-order chi connectivity index (χ1) is 13.1. The molecule has 4 rings (SSSR count). The number of amides is 1. The molecule has 0 unspecified atom stereocenters. The Labute approximate surface area is 159 Å². The third kappa shape index (κ3) is 3.66. The molecule has 3 heterocycles. The third-order valence-electron chi connectivity index (χ3n) is 5.17. The lowest BCUT2D eigenvalue weighted by atomic mass is 10.1. The number of benzene rings is 1. The molecule has 6 nitrogen and oxygen atoms in total. The van der Waals surface area contributed by atoms with Crippen LogP contribution in [-0.4, -0.2) is 65.4 Å². The maximum atomic E-state index is 12.8. The van der Waals surface area contributed by atoms with Crippen molar-refractivity contribution in [1.82, 2.24) is 19.2 Å². The number of carbonyl (C=O) groups is 1. The average molecular weight is 363 g/mol. The Morgan fingerprint density at radius 2 is 1.78 bits per heavy atom. The third-order valence-corrected chi connectivity index (χ3v) is 5.17. The minimum absolute atomic E-state index is 0.120. The van der Waals surface area contributed by atoms with Crippen LogP contribution in [0.25, 0.3) is 5.65 Å². The van der Waals surface area contributed by atoms with Gasteiger partial charge in [0.25, 0.3) is 5.91 Å². The Balaban J connectivity index is 1.36. The molecule has 140 valence electrons. The molecule has 1 aromatic carbocycles. The van der Waals surface area contributed by atoms with E-state index in [0.29, 0.717) is 0 Å². The molecule has 0 saturated carbocycles. The van der Waals surface area contributed by atoms with Gasteiger partial charge < -0.3 is 14.2 Å². The van der Waals surface area contributed by atoms with Crippen molar-refractivity contribution in [2.24, 2.45) is 0 Å². The van der Waals surface area contributed by atoms with E-state index in [0.717, 1.165) is 49.6 Å². The van der Waals surface area contributed by atoms with E-state index in [9.17, 15) is 4.79 Å². The molecule has 1 amide bonds. The first-order valence-electron chi connectivity index (χ1n) is 9.32. The quantitative estimate of drug-likeness (QED) is 0.714. The van der Waals surface area contributed by atoms with Gasteiger partial charge in [0, 0.05) is 64.3 Å². The number of aromatic nitrogens is 2. The molecule has 1 aliphatic heterocycles. The zero-order chi connectivity index (χ0) is 18.8. The van der Waals surface area contributed by atoms with Crippen LogP contribution < -0.4 is 4.90 Å². The Morgan fingerprint density at radius 1 is 1.04 bits per heavy atom. The SMILES string of the molecule is CN(C)c1ccc(C(=O)N2CCN(Cc3cnc4ccccn34)CC2)cc1. The zero-order valence-corrected chi connectivity index (χ0v) is 15.9. The van der Waals surface area contributed by atoms with E-state index in [1.807, 2.05) is 72.6 Å². The summed E-state index contributed by atoms with van der Waals surface area (Å²) in [5.41, 5.74) is 4.02. The van der Waals surface area contributed by atoms with Crippen LogP contribution in [0.1, 0.15) is 16.1 Å². The van der Waals surface area contributed by atoms with Crippen LogP contribution in [0.2, 0.25) is 0 Å². The molecule has 1 fully saturated rings. The highest BCUT2D eigenvalue weighted by Crippen LogP contribution is 2.16. The van der Waals surface area contributed by atoms with E-state index in [-0.39, 0.29) is 5.91 Å². The monoisotopic (exact) mass is 363 g/mol. The van der Waals surface area contributed by atoms with Crippen LogP contribution >= 0.6 is 0 Å². The van der Waals surface area contributed by atoms with Crippen LogP contribution in [0.5, 0.6) is 0 Å². The largest absolute Gasteiger partial charge is 0.378 e. The number of hydrogen-bond donors (Lipinski definition) is 0. The Hall–Kier alpha value is -2.86. The van der Waals surface area contributed by atoms with Crippen LogP contribution in [-0.2, 0) is 6.54 Å². The number of nitrogens with zero attached hydrogens (tertiary/aromatic N) is 5. The van der Waals surface area contributed by atoms with Crippen LogP contribution in [0.4, 0.5) is 5.69 Å². The van der Waals surface area contributed by atoms with Gasteiger partial charge in [0.2, 0.25) is 0 Å². The van der Waals surface area contributed by atoms with Gasteiger partial charge in [0.1, 0.15) is 5.65 Å². The summed E-state index contributed by atoms with van der Waals surface area (Å²) in [6.07, 6.45) is 3.99. The summed E-state index contributed by atoms with van der Waals surface area (Å²) in [5, 5.41) is 0. The zero-order valence-electron chi connectivity index (χ0n) is 15.9. The number of fused-ring (bicyclic) bond motifs is 1. The van der Waals surface area contributed by atoms with E-state index < -0.39 is 0 Å². The van der Waals surface area contributed by atoms with E-state index in [1.54, 1.807) is 0 Å². The van der Waals surface area contributed by atoms with Gasteiger partial charge >= 0.3 is 0 Å². The smallest absolute Gasteiger partial charge is 0.253 e. The average Bonchev–Trinajstić information content (AvgIpc) is 3.11. The van der Waals surface area contributed by atoms with Crippen molar-refractivity contribution in [2.45, 2.75) is 6.54 Å². The molecule has 0 bridgehead atoms. The second kappa shape index (κ2) is 7.40. The van der Waals surface area contributed by atoms with Crippen molar-refractivity contribution in [2.75, 3.05) is 45.2 Å². The molecule has 1 saturated heterocycles. The predicted molar refractivity (Wildman–Crippen MR) is 107 cm³/mol. The maximum absolute atomic E-state index is 12.8. The first kappa shape index (κ1) is 17.5. The highest BCUT2D eigenvalue weighted by molar-refractivity contribution is 5.94. The Kier molecular flexibility index (Phi) is 4.81. The summed E-state index contributed by atoms with van der Waals surface area (Å²) < 4.78 is 2.13. The minimum atomic E-state index is 0.120. The topological polar surface area (TPSA) is 44.1 Å². The van der Waals surface area contributed by atoms with Crippen LogP contribution in [0, 0.1) is 0 Å². The number of pyridine rings is 1. The fourth-order valence-corrected chi connectivity index (χ4v) is 3.52. The fourth-order valence-electron chi connectivity index (χ4n) is 3.52. The van der Waals surface area contributed by atoms with Crippen molar-refractivity contribution in [3.8, 4) is 0 Å². The van der Waals surface area contributed by atoms with E-state index in [4.69, 9.17) is 0 Å². The molecule has 1 aliphatic rings. The number of imidazole rings is 1. The van der Waals surface area contributed by atoms with Gasteiger partial charge in [-0.05, 0) is 36.4 Å². The lowest BCUT2D eigenvalue weighted by Crippen LogP contribution is -2.48. The number of carbonyl (C=O) groups excluding carboxylic acids is 1. The van der Waals surface area contributed by atoms with Gasteiger partial charge in [-0.25, -0.2) is 4.98 Å². The Morgan fingerprint density at radius 3 is 2.48 bits per heavy atom. The van der Waals surface area contributed by atoms with Crippen LogP contribution in [0.3, 0.4) is 0 Å². The van der Waals surface area contributed by atoms with Crippen LogP contribution in [0.15, 0.2) is 54.9 Å². The lowest BCUT2D eigenvalue weighted by molar-refractivity contribution is 0.0626. The van der Waals surface area contributed by atoms with Crippen molar-refractivity contribution in [3.63, 3.8) is 0 Å². The van der Waals surface area contributed by atoms with Crippen molar-refractivity contribution >= 4 is 17.2 Å². The van der Waals surface area contributed by atoms with Crippen molar-refractivity contribution < 1.29 is 4.79 Å². The maximum Gasteiger partial charge on any atom is 0.253 e. The minimum Gasteiger partial charge on any atom is -0.378 e. The van der Waals surface area contributed by atoms with Gasteiger partial charge in [-0.1, -0.05) is 6.07 Å². The second-order valence-electron chi connectivity index (χ2n) is 7.19. The van der Waals surface area contributed by atoms with Gasteiger partial charge in [-0.15, -0.1) is 0 Å². The predicted octanol–water partition coefficient (Wildman–Crippen LogP) is 2.36. The van der Waals surface area contributed by atoms with Crippen molar-refractivity contribution in [1.29, 1.82) is 0 Å². The van der Waals surface area contributed by atoms with E-state index in [1.165, 1.54) is 5.69 Å². The normalized spacial score (nSPS) is 15.3. The van der Waals surface area contributed by atoms with Gasteiger partial charge in [0.05, 0.1) is 11.9 Å². The number of hydrogen-bond acceptors (Lipinski definition) is 4. The van der Waals surface area contributed by atoms with E-state index in [2.05, 4.69) is 20.5 Å².